The van der Waals surface area contributed by atoms with Crippen LogP contribution in [0.1, 0.15) is 149 Å². The van der Waals surface area contributed by atoms with E-state index in [1.54, 1.807) is 6.08 Å². The molecule has 0 aromatic rings. The van der Waals surface area contributed by atoms with Crippen LogP contribution in [-0.2, 0) is 4.79 Å². The number of rotatable bonds is 30. The number of hydrogen-bond acceptors (Lipinski definition) is 4. The average molecular weight is 602 g/mol. The summed E-state index contributed by atoms with van der Waals surface area (Å²) >= 11 is 0. The topological polar surface area (TPSA) is 89.8 Å². The maximum atomic E-state index is 12.3. The van der Waals surface area contributed by atoms with Crippen LogP contribution in [0, 0.1) is 0 Å². The van der Waals surface area contributed by atoms with Crippen molar-refractivity contribution in [3.8, 4) is 0 Å². The Hall–Kier alpha value is -1.95. The van der Waals surface area contributed by atoms with Gasteiger partial charge >= 0.3 is 0 Å². The number of unbranched alkanes of at least 4 members (excludes halogenated alkanes) is 13. The number of aliphatic hydroxyl groups excluding tert-OH is 3. The molecule has 0 fully saturated rings. The van der Waals surface area contributed by atoms with Gasteiger partial charge in [0, 0.05) is 6.42 Å². The van der Waals surface area contributed by atoms with Crippen molar-refractivity contribution in [2.45, 2.75) is 167 Å². The second kappa shape index (κ2) is 33.0. The molecule has 0 rings (SSSR count). The molecule has 0 radical (unpaired) electrons. The number of carbonyl (C=O) groups is 1. The van der Waals surface area contributed by atoms with Gasteiger partial charge in [0.1, 0.15) is 0 Å². The van der Waals surface area contributed by atoms with E-state index in [0.717, 1.165) is 64.2 Å². The molecule has 0 heterocycles. The summed E-state index contributed by atoms with van der Waals surface area (Å²) in [6, 6.07) is -0.663. The van der Waals surface area contributed by atoms with Gasteiger partial charge in [-0.15, -0.1) is 0 Å². The van der Waals surface area contributed by atoms with Crippen LogP contribution in [0.25, 0.3) is 0 Å². The number of hydrogen-bond donors (Lipinski definition) is 4. The molecule has 1 amide bonds. The summed E-state index contributed by atoms with van der Waals surface area (Å²) in [6.07, 6.45) is 42.1. The fraction of sp³-hybridized carbons (Fsp3) is 0.711. The van der Waals surface area contributed by atoms with E-state index in [1.807, 2.05) is 18.2 Å². The van der Waals surface area contributed by atoms with Gasteiger partial charge in [-0.1, -0.05) is 152 Å². The summed E-state index contributed by atoms with van der Waals surface area (Å²) in [5, 5.41) is 32.5. The molecule has 5 heteroatoms. The monoisotopic (exact) mass is 602 g/mol. The predicted octanol–water partition coefficient (Wildman–Crippen LogP) is 9.20. The van der Waals surface area contributed by atoms with Gasteiger partial charge in [0.25, 0.3) is 0 Å². The van der Waals surface area contributed by atoms with Crippen molar-refractivity contribution in [2.75, 3.05) is 6.61 Å². The molecule has 0 aromatic carbocycles. The summed E-state index contributed by atoms with van der Waals surface area (Å²) in [4.78, 5) is 12.3. The molecule has 0 aliphatic heterocycles. The molecule has 0 saturated carbocycles. The summed E-state index contributed by atoms with van der Waals surface area (Å²) < 4.78 is 0. The van der Waals surface area contributed by atoms with Crippen LogP contribution in [0.4, 0.5) is 0 Å². The van der Waals surface area contributed by atoms with Crippen molar-refractivity contribution in [3.05, 3.63) is 60.8 Å². The number of allylic oxidation sites excluding steroid dienone is 8. The minimum atomic E-state index is -0.872. The lowest BCUT2D eigenvalue weighted by Gasteiger charge is -2.19. The summed E-state index contributed by atoms with van der Waals surface area (Å²) in [5.74, 6) is -0.137. The molecular formula is C38H67NO4. The van der Waals surface area contributed by atoms with E-state index >= 15 is 0 Å². The Morgan fingerprint density at radius 2 is 1.12 bits per heavy atom. The van der Waals surface area contributed by atoms with E-state index in [-0.39, 0.29) is 18.6 Å². The first kappa shape index (κ1) is 41.0. The number of carbonyl (C=O) groups excluding carboxylic acids is 1. The smallest absolute Gasteiger partial charge is 0.220 e. The zero-order valence-corrected chi connectivity index (χ0v) is 27.8. The van der Waals surface area contributed by atoms with Gasteiger partial charge in [-0.3, -0.25) is 4.79 Å². The number of amides is 1. The Labute approximate surface area is 265 Å². The van der Waals surface area contributed by atoms with Crippen molar-refractivity contribution in [2.24, 2.45) is 0 Å². The summed E-state index contributed by atoms with van der Waals surface area (Å²) in [6.45, 7) is 4.11. The normalized spacial score (nSPS) is 14.6. The summed E-state index contributed by atoms with van der Waals surface area (Å²) in [5.41, 5.74) is 0. The quantitative estimate of drug-likeness (QED) is 0.0488. The van der Waals surface area contributed by atoms with Crippen LogP contribution >= 0.6 is 0 Å². The fourth-order valence-electron chi connectivity index (χ4n) is 4.77. The highest BCUT2D eigenvalue weighted by molar-refractivity contribution is 5.76. The minimum Gasteiger partial charge on any atom is -0.394 e. The lowest BCUT2D eigenvalue weighted by Crippen LogP contribution is -2.45. The molecule has 0 saturated heterocycles. The van der Waals surface area contributed by atoms with E-state index in [1.165, 1.54) is 64.2 Å². The van der Waals surface area contributed by atoms with Crippen molar-refractivity contribution >= 4 is 5.91 Å². The van der Waals surface area contributed by atoms with E-state index in [2.05, 4.69) is 55.6 Å². The van der Waals surface area contributed by atoms with Crippen molar-refractivity contribution < 1.29 is 20.1 Å². The molecule has 0 aromatic heterocycles. The molecule has 0 unspecified atom stereocenters. The van der Waals surface area contributed by atoms with Gasteiger partial charge < -0.3 is 20.6 Å². The Morgan fingerprint density at radius 3 is 1.70 bits per heavy atom. The second-order valence-electron chi connectivity index (χ2n) is 11.8. The zero-order valence-electron chi connectivity index (χ0n) is 27.8. The number of nitrogens with one attached hydrogen (secondary N) is 1. The molecule has 248 valence electrons. The molecule has 0 bridgehead atoms. The maximum Gasteiger partial charge on any atom is 0.220 e. The lowest BCUT2D eigenvalue weighted by atomic mass is 10.0. The SMILES string of the molecule is CCCCCCCCCCCCC/C=C/[C@@H](O)[C@H](CO)NC(=O)CCC/C=C\C/C=C\C/C=C\C/C=C\[C@H](O)CCCC. The van der Waals surface area contributed by atoms with Gasteiger partial charge in [0.05, 0.1) is 24.9 Å². The van der Waals surface area contributed by atoms with Crippen molar-refractivity contribution in [3.63, 3.8) is 0 Å². The lowest BCUT2D eigenvalue weighted by molar-refractivity contribution is -0.122. The summed E-state index contributed by atoms with van der Waals surface area (Å²) in [7, 11) is 0. The first-order chi connectivity index (χ1) is 21.0. The zero-order chi connectivity index (χ0) is 31.6. The molecule has 4 N–H and O–H groups in total. The Bertz CT molecular complexity index is 755. The van der Waals surface area contributed by atoms with Crippen LogP contribution in [0.3, 0.4) is 0 Å². The van der Waals surface area contributed by atoms with Crippen LogP contribution in [-0.4, -0.2) is 46.1 Å². The molecule has 0 aliphatic carbocycles. The highest BCUT2D eigenvalue weighted by Crippen LogP contribution is 2.12. The Balaban J connectivity index is 3.83. The first-order valence-electron chi connectivity index (χ1n) is 17.6. The van der Waals surface area contributed by atoms with Gasteiger partial charge in [0.2, 0.25) is 5.91 Å². The highest BCUT2D eigenvalue weighted by Gasteiger charge is 2.17. The highest BCUT2D eigenvalue weighted by atomic mass is 16.3. The fourth-order valence-corrected chi connectivity index (χ4v) is 4.77. The minimum absolute atomic E-state index is 0.137. The van der Waals surface area contributed by atoms with Gasteiger partial charge in [-0.2, -0.15) is 0 Å². The Kier molecular flexibility index (Phi) is 31.5. The van der Waals surface area contributed by atoms with Crippen LogP contribution < -0.4 is 5.32 Å². The third-order valence-electron chi connectivity index (χ3n) is 7.57. The largest absolute Gasteiger partial charge is 0.394 e. The predicted molar refractivity (Wildman–Crippen MR) is 185 cm³/mol. The van der Waals surface area contributed by atoms with E-state index in [0.29, 0.717) is 6.42 Å². The molecule has 3 atom stereocenters. The molecule has 0 spiro atoms. The van der Waals surface area contributed by atoms with Crippen LogP contribution in [0.15, 0.2) is 60.8 Å². The van der Waals surface area contributed by atoms with E-state index in [4.69, 9.17) is 0 Å². The van der Waals surface area contributed by atoms with E-state index < -0.39 is 12.1 Å². The molecule has 43 heavy (non-hydrogen) atoms. The average Bonchev–Trinajstić information content (AvgIpc) is 3.01. The Morgan fingerprint density at radius 1 is 0.605 bits per heavy atom. The van der Waals surface area contributed by atoms with Gasteiger partial charge in [-0.25, -0.2) is 0 Å². The van der Waals surface area contributed by atoms with Crippen LogP contribution in [0.5, 0.6) is 0 Å². The second-order valence-corrected chi connectivity index (χ2v) is 11.8. The molecular weight excluding hydrogens is 534 g/mol. The van der Waals surface area contributed by atoms with Gasteiger partial charge in [0.15, 0.2) is 0 Å². The third kappa shape index (κ3) is 29.9. The van der Waals surface area contributed by atoms with E-state index in [9.17, 15) is 20.1 Å². The van der Waals surface area contributed by atoms with Gasteiger partial charge in [-0.05, 0) is 51.4 Å². The first-order valence-corrected chi connectivity index (χ1v) is 17.6. The molecule has 0 aliphatic rings. The third-order valence-corrected chi connectivity index (χ3v) is 7.57. The molecule has 5 nitrogen and oxygen atoms in total. The van der Waals surface area contributed by atoms with Crippen LogP contribution in [0.2, 0.25) is 0 Å². The maximum absolute atomic E-state index is 12.3. The number of aliphatic hydroxyl groups is 3. The van der Waals surface area contributed by atoms with Crippen molar-refractivity contribution in [1.82, 2.24) is 5.32 Å². The standard InChI is InChI=1S/C38H67NO4/c1-3-5-7-8-9-10-11-12-16-19-22-25-28-32-37(42)36(34-40)39-38(43)33-29-26-23-20-17-14-13-15-18-21-24-27-31-35(41)30-6-4-2/h13-14,18,20-21,23,27-28,31-32,35-37,40-42H,3-12,15-17,19,22,24-26,29-30,33-34H2,1-2H3,(H,39,43)/b14-13-,21-18-,23-20-,31-27-,32-28+/t35-,36+,37-/m1/s1. The van der Waals surface area contributed by atoms with Crippen molar-refractivity contribution in [1.29, 1.82) is 0 Å².